The third-order valence-corrected chi connectivity index (χ3v) is 4.48. The van der Waals surface area contributed by atoms with E-state index in [0.717, 1.165) is 11.1 Å². The molecule has 116 valence electrons. The van der Waals surface area contributed by atoms with Crippen LogP contribution in [0.4, 0.5) is 0 Å². The Bertz CT molecular complexity index is 533. The molecule has 0 saturated heterocycles. The van der Waals surface area contributed by atoms with E-state index >= 15 is 0 Å². The van der Waals surface area contributed by atoms with Crippen molar-refractivity contribution in [3.05, 3.63) is 28.3 Å². The molecule has 0 atom stereocenters. The molecule has 0 bridgehead atoms. The molecule has 1 N–H and O–H groups in total. The first-order chi connectivity index (χ1) is 9.79. The first-order valence-electron chi connectivity index (χ1n) is 7.45. The molecular formula is C17H23ClO3. The number of aliphatic carboxylic acids is 1. The zero-order chi connectivity index (χ0) is 15.6. The summed E-state index contributed by atoms with van der Waals surface area (Å²) >= 11 is 6.35. The first-order valence-corrected chi connectivity index (χ1v) is 7.82. The number of rotatable bonds is 6. The maximum absolute atomic E-state index is 11.1. The monoisotopic (exact) mass is 310 g/mol. The molecule has 1 fully saturated rings. The second kappa shape index (κ2) is 6.27. The highest BCUT2D eigenvalue weighted by Gasteiger charge is 2.30. The molecule has 0 aliphatic heterocycles. The topological polar surface area (TPSA) is 46.5 Å². The van der Waals surface area contributed by atoms with Gasteiger partial charge in [-0.2, -0.15) is 0 Å². The van der Waals surface area contributed by atoms with Gasteiger partial charge in [0.05, 0.1) is 18.1 Å². The van der Waals surface area contributed by atoms with Crippen molar-refractivity contribution in [1.29, 1.82) is 0 Å². The standard InChI is InChI=1S/C17H23ClO3/c1-11-7-13(17(2,3)9-15(19)20)16(14(18)8-11)21-10-12-5-4-6-12/h7-8,12H,4-6,9-10H2,1-3H3,(H,19,20). The van der Waals surface area contributed by atoms with Crippen LogP contribution >= 0.6 is 11.6 Å². The predicted octanol–water partition coefficient (Wildman–Crippen LogP) is 4.58. The van der Waals surface area contributed by atoms with Crippen LogP contribution in [-0.2, 0) is 10.2 Å². The summed E-state index contributed by atoms with van der Waals surface area (Å²) in [7, 11) is 0. The Hall–Kier alpha value is -1.22. The van der Waals surface area contributed by atoms with Gasteiger partial charge in [0.25, 0.3) is 0 Å². The highest BCUT2D eigenvalue weighted by atomic mass is 35.5. The van der Waals surface area contributed by atoms with Crippen LogP contribution in [0.2, 0.25) is 5.02 Å². The van der Waals surface area contributed by atoms with Crippen molar-refractivity contribution in [1.82, 2.24) is 0 Å². The number of carboxylic acids is 1. The lowest BCUT2D eigenvalue weighted by atomic mass is 9.80. The summed E-state index contributed by atoms with van der Waals surface area (Å²) in [6.07, 6.45) is 3.73. The number of halogens is 1. The van der Waals surface area contributed by atoms with Gasteiger partial charge in [0.1, 0.15) is 5.75 Å². The van der Waals surface area contributed by atoms with Crippen LogP contribution in [0.1, 0.15) is 50.7 Å². The summed E-state index contributed by atoms with van der Waals surface area (Å²) in [5.74, 6) is 0.445. The predicted molar refractivity (Wildman–Crippen MR) is 84.3 cm³/mol. The summed E-state index contributed by atoms with van der Waals surface area (Å²) in [6.45, 7) is 6.46. The van der Waals surface area contributed by atoms with Crippen LogP contribution in [0.15, 0.2) is 12.1 Å². The van der Waals surface area contributed by atoms with Gasteiger partial charge in [-0.25, -0.2) is 0 Å². The Balaban J connectivity index is 2.30. The van der Waals surface area contributed by atoms with Gasteiger partial charge in [0, 0.05) is 11.0 Å². The van der Waals surface area contributed by atoms with Crippen molar-refractivity contribution in [3.63, 3.8) is 0 Å². The van der Waals surface area contributed by atoms with Crippen molar-refractivity contribution in [3.8, 4) is 5.75 Å². The van der Waals surface area contributed by atoms with Crippen molar-refractivity contribution >= 4 is 17.6 Å². The van der Waals surface area contributed by atoms with E-state index in [4.69, 9.17) is 21.4 Å². The van der Waals surface area contributed by atoms with Gasteiger partial charge in [0.15, 0.2) is 0 Å². The second-order valence-electron chi connectivity index (χ2n) is 6.69. The van der Waals surface area contributed by atoms with Crippen molar-refractivity contribution in [2.75, 3.05) is 6.61 Å². The molecule has 1 aromatic carbocycles. The number of hydrogen-bond acceptors (Lipinski definition) is 2. The van der Waals surface area contributed by atoms with Gasteiger partial charge in [-0.1, -0.05) is 37.9 Å². The summed E-state index contributed by atoms with van der Waals surface area (Å²) in [5.41, 5.74) is 1.38. The third kappa shape index (κ3) is 3.91. The molecule has 0 spiro atoms. The Morgan fingerprint density at radius 1 is 1.43 bits per heavy atom. The quantitative estimate of drug-likeness (QED) is 0.836. The van der Waals surface area contributed by atoms with Crippen LogP contribution in [0.3, 0.4) is 0 Å². The number of carbonyl (C=O) groups is 1. The maximum Gasteiger partial charge on any atom is 0.304 e. The van der Waals surface area contributed by atoms with Gasteiger partial charge in [-0.3, -0.25) is 4.79 Å². The normalized spacial score (nSPS) is 15.6. The molecule has 4 heteroatoms. The molecule has 1 aliphatic carbocycles. The van der Waals surface area contributed by atoms with Crippen molar-refractivity contribution in [2.45, 2.75) is 51.9 Å². The van der Waals surface area contributed by atoms with E-state index in [1.54, 1.807) is 0 Å². The third-order valence-electron chi connectivity index (χ3n) is 4.20. The minimum Gasteiger partial charge on any atom is -0.491 e. The molecule has 1 aromatic rings. The fourth-order valence-corrected chi connectivity index (χ4v) is 3.04. The Kier molecular flexibility index (Phi) is 4.82. The lowest BCUT2D eigenvalue weighted by molar-refractivity contribution is -0.138. The number of aryl methyl sites for hydroxylation is 1. The fourth-order valence-electron chi connectivity index (χ4n) is 2.71. The molecule has 2 rings (SSSR count). The molecular weight excluding hydrogens is 288 g/mol. The lowest BCUT2D eigenvalue weighted by Crippen LogP contribution is -2.25. The van der Waals surface area contributed by atoms with Crippen molar-refractivity contribution in [2.24, 2.45) is 5.92 Å². The zero-order valence-electron chi connectivity index (χ0n) is 12.9. The molecule has 0 amide bonds. The van der Waals surface area contributed by atoms with Gasteiger partial charge in [-0.05, 0) is 37.3 Å². The van der Waals surface area contributed by atoms with E-state index in [1.165, 1.54) is 19.3 Å². The van der Waals surface area contributed by atoms with Crippen LogP contribution in [0, 0.1) is 12.8 Å². The average molecular weight is 311 g/mol. The first kappa shape index (κ1) is 16.2. The Morgan fingerprint density at radius 2 is 2.10 bits per heavy atom. The molecule has 0 unspecified atom stereocenters. The minimum absolute atomic E-state index is 0.0482. The van der Waals surface area contributed by atoms with Gasteiger partial charge < -0.3 is 9.84 Å². The van der Waals surface area contributed by atoms with Crippen molar-refractivity contribution < 1.29 is 14.6 Å². The lowest BCUT2D eigenvalue weighted by Gasteiger charge is -2.30. The van der Waals surface area contributed by atoms with Gasteiger partial charge >= 0.3 is 5.97 Å². The van der Waals surface area contributed by atoms with E-state index in [2.05, 4.69) is 0 Å². The zero-order valence-corrected chi connectivity index (χ0v) is 13.7. The molecule has 1 saturated carbocycles. The fraction of sp³-hybridized carbons (Fsp3) is 0.588. The molecule has 0 radical (unpaired) electrons. The van der Waals surface area contributed by atoms with E-state index in [0.29, 0.717) is 23.3 Å². The Morgan fingerprint density at radius 3 is 2.62 bits per heavy atom. The highest BCUT2D eigenvalue weighted by Crippen LogP contribution is 2.40. The molecule has 0 aromatic heterocycles. The van der Waals surface area contributed by atoms with E-state index in [-0.39, 0.29) is 6.42 Å². The summed E-state index contributed by atoms with van der Waals surface area (Å²) in [6, 6.07) is 3.86. The SMILES string of the molecule is Cc1cc(Cl)c(OCC2CCC2)c(C(C)(C)CC(=O)O)c1. The minimum atomic E-state index is -0.817. The summed E-state index contributed by atoms with van der Waals surface area (Å²) in [4.78, 5) is 11.1. The van der Waals surface area contributed by atoms with Crippen LogP contribution in [-0.4, -0.2) is 17.7 Å². The van der Waals surface area contributed by atoms with Gasteiger partial charge in [-0.15, -0.1) is 0 Å². The van der Waals surface area contributed by atoms with E-state index in [9.17, 15) is 4.79 Å². The number of benzene rings is 1. The number of ether oxygens (including phenoxy) is 1. The van der Waals surface area contributed by atoms with E-state index < -0.39 is 11.4 Å². The second-order valence-corrected chi connectivity index (χ2v) is 7.09. The molecule has 21 heavy (non-hydrogen) atoms. The smallest absolute Gasteiger partial charge is 0.304 e. The molecule has 1 aliphatic rings. The van der Waals surface area contributed by atoms with Gasteiger partial charge in [0.2, 0.25) is 0 Å². The van der Waals surface area contributed by atoms with E-state index in [1.807, 2.05) is 32.9 Å². The summed E-state index contributed by atoms with van der Waals surface area (Å²) < 4.78 is 5.97. The number of hydrogen-bond donors (Lipinski definition) is 1. The van der Waals surface area contributed by atoms with Crippen LogP contribution in [0.25, 0.3) is 0 Å². The largest absolute Gasteiger partial charge is 0.491 e. The van der Waals surface area contributed by atoms with Crippen LogP contribution < -0.4 is 4.74 Å². The number of carboxylic acid groups (broad SMARTS) is 1. The average Bonchev–Trinajstić information content (AvgIpc) is 2.27. The maximum atomic E-state index is 11.1. The molecule has 3 nitrogen and oxygen atoms in total. The molecule has 0 heterocycles. The Labute approximate surface area is 131 Å². The van der Waals surface area contributed by atoms with Crippen LogP contribution in [0.5, 0.6) is 5.75 Å². The highest BCUT2D eigenvalue weighted by molar-refractivity contribution is 6.32. The summed E-state index contributed by atoms with van der Waals surface area (Å²) in [5, 5.41) is 9.70.